The summed E-state index contributed by atoms with van der Waals surface area (Å²) in [6.07, 6.45) is 0. The second kappa shape index (κ2) is 6.09. The van der Waals surface area contributed by atoms with E-state index in [9.17, 15) is 0 Å². The highest BCUT2D eigenvalue weighted by atomic mass is 79.9. The number of ether oxygens (including phenoxy) is 1. The molecule has 0 aliphatic rings. The molecule has 0 saturated carbocycles. The van der Waals surface area contributed by atoms with Crippen LogP contribution in [0, 0.1) is 6.92 Å². The fraction of sp³-hybridized carbons (Fsp3) is 0.143. The molecule has 2 aromatic rings. The Morgan fingerprint density at radius 1 is 1.06 bits per heavy atom. The first kappa shape index (κ1) is 13.9. The van der Waals surface area contributed by atoms with Crippen molar-refractivity contribution in [1.82, 2.24) is 0 Å². The molecule has 2 aromatic carbocycles. The van der Waals surface area contributed by atoms with Gasteiger partial charge in [0.25, 0.3) is 0 Å². The van der Waals surface area contributed by atoms with Gasteiger partial charge in [-0.25, -0.2) is 0 Å². The van der Waals surface area contributed by atoms with Crippen LogP contribution in [0.15, 0.2) is 45.3 Å². The quantitative estimate of drug-likeness (QED) is 0.580. The fourth-order valence-electron chi connectivity index (χ4n) is 1.56. The molecule has 0 bridgehead atoms. The molecular formula is C14H11Br2ClO. The van der Waals surface area contributed by atoms with Crippen molar-refractivity contribution in [3.63, 3.8) is 0 Å². The van der Waals surface area contributed by atoms with Crippen LogP contribution in [0.1, 0.15) is 11.1 Å². The van der Waals surface area contributed by atoms with Gasteiger partial charge in [-0.15, -0.1) is 11.6 Å². The minimum Gasteiger partial charge on any atom is -0.456 e. The Morgan fingerprint density at radius 3 is 2.44 bits per heavy atom. The number of halogens is 3. The summed E-state index contributed by atoms with van der Waals surface area (Å²) in [5.41, 5.74) is 2.14. The maximum Gasteiger partial charge on any atom is 0.141 e. The molecule has 4 heteroatoms. The predicted octanol–water partition coefficient (Wildman–Crippen LogP) is 6.05. The SMILES string of the molecule is Cc1ccc(Oc2ccc(Br)cc2CCl)c(Br)c1. The molecule has 0 amide bonds. The molecule has 2 rings (SSSR count). The Balaban J connectivity index is 2.33. The molecule has 0 aliphatic heterocycles. The number of aryl methyl sites for hydroxylation is 1. The lowest BCUT2D eigenvalue weighted by molar-refractivity contribution is 0.475. The van der Waals surface area contributed by atoms with E-state index in [1.54, 1.807) is 0 Å². The standard InChI is InChI=1S/C14H11Br2ClO/c1-9-2-4-14(12(16)6-9)18-13-5-3-11(15)7-10(13)8-17/h2-7H,8H2,1H3. The highest BCUT2D eigenvalue weighted by Crippen LogP contribution is 2.33. The molecule has 18 heavy (non-hydrogen) atoms. The maximum absolute atomic E-state index is 5.92. The summed E-state index contributed by atoms with van der Waals surface area (Å²) in [7, 11) is 0. The molecule has 0 saturated heterocycles. The summed E-state index contributed by atoms with van der Waals surface area (Å²) >= 11 is 12.8. The van der Waals surface area contributed by atoms with Crippen molar-refractivity contribution in [3.8, 4) is 11.5 Å². The van der Waals surface area contributed by atoms with Gasteiger partial charge in [0.15, 0.2) is 0 Å². The second-order valence-corrected chi connectivity index (χ2v) is 5.96. The van der Waals surface area contributed by atoms with E-state index >= 15 is 0 Å². The lowest BCUT2D eigenvalue weighted by atomic mass is 10.2. The van der Waals surface area contributed by atoms with Crippen LogP contribution in [0.4, 0.5) is 0 Å². The van der Waals surface area contributed by atoms with E-state index in [4.69, 9.17) is 16.3 Å². The van der Waals surface area contributed by atoms with Crippen LogP contribution in [0.25, 0.3) is 0 Å². The number of rotatable bonds is 3. The summed E-state index contributed by atoms with van der Waals surface area (Å²) < 4.78 is 7.82. The second-order valence-electron chi connectivity index (χ2n) is 3.92. The largest absolute Gasteiger partial charge is 0.456 e. The Hall–Kier alpha value is -0.510. The van der Waals surface area contributed by atoms with Crippen molar-refractivity contribution in [3.05, 3.63) is 56.5 Å². The normalized spacial score (nSPS) is 10.4. The Morgan fingerprint density at radius 2 is 1.78 bits per heavy atom. The smallest absolute Gasteiger partial charge is 0.141 e. The van der Waals surface area contributed by atoms with Crippen LogP contribution in [0.3, 0.4) is 0 Å². The molecule has 94 valence electrons. The average molecular weight is 391 g/mol. The van der Waals surface area contributed by atoms with Gasteiger partial charge in [-0.2, -0.15) is 0 Å². The van der Waals surface area contributed by atoms with E-state index in [0.29, 0.717) is 5.88 Å². The third-order valence-corrected chi connectivity index (χ3v) is 3.87. The first-order valence-electron chi connectivity index (χ1n) is 5.38. The summed E-state index contributed by atoms with van der Waals surface area (Å²) in [4.78, 5) is 0. The first-order chi connectivity index (χ1) is 8.60. The lowest BCUT2D eigenvalue weighted by Gasteiger charge is -2.11. The zero-order chi connectivity index (χ0) is 13.1. The monoisotopic (exact) mass is 388 g/mol. The van der Waals surface area contributed by atoms with Crippen molar-refractivity contribution in [1.29, 1.82) is 0 Å². The minimum absolute atomic E-state index is 0.415. The summed E-state index contributed by atoms with van der Waals surface area (Å²) in [6, 6.07) is 11.8. The molecule has 0 aromatic heterocycles. The number of benzene rings is 2. The van der Waals surface area contributed by atoms with Gasteiger partial charge in [0.05, 0.1) is 10.4 Å². The van der Waals surface area contributed by atoms with Crippen LogP contribution in [0.2, 0.25) is 0 Å². The average Bonchev–Trinajstić information content (AvgIpc) is 2.34. The Bertz CT molecular complexity index is 570. The third kappa shape index (κ3) is 3.28. The summed E-state index contributed by atoms with van der Waals surface area (Å²) in [5.74, 6) is 1.98. The molecule has 0 spiro atoms. The van der Waals surface area contributed by atoms with Gasteiger partial charge in [-0.1, -0.05) is 22.0 Å². The van der Waals surface area contributed by atoms with E-state index in [0.717, 1.165) is 26.0 Å². The molecule has 0 N–H and O–H groups in total. The molecule has 0 atom stereocenters. The third-order valence-electron chi connectivity index (χ3n) is 2.47. The summed E-state index contributed by atoms with van der Waals surface area (Å²) in [6.45, 7) is 2.04. The van der Waals surface area contributed by atoms with Gasteiger partial charge in [0, 0.05) is 10.0 Å². The zero-order valence-corrected chi connectivity index (χ0v) is 13.6. The highest BCUT2D eigenvalue weighted by molar-refractivity contribution is 9.10. The van der Waals surface area contributed by atoms with Gasteiger partial charge in [0.1, 0.15) is 11.5 Å². The molecule has 0 radical (unpaired) electrons. The molecular weight excluding hydrogens is 379 g/mol. The first-order valence-corrected chi connectivity index (χ1v) is 7.50. The van der Waals surface area contributed by atoms with Crippen molar-refractivity contribution in [2.45, 2.75) is 12.8 Å². The van der Waals surface area contributed by atoms with E-state index in [1.165, 1.54) is 5.56 Å². The van der Waals surface area contributed by atoms with E-state index in [2.05, 4.69) is 31.9 Å². The zero-order valence-electron chi connectivity index (χ0n) is 9.71. The van der Waals surface area contributed by atoms with Crippen LogP contribution >= 0.6 is 43.5 Å². The van der Waals surface area contributed by atoms with Crippen LogP contribution < -0.4 is 4.74 Å². The van der Waals surface area contributed by atoms with Crippen LogP contribution in [0.5, 0.6) is 11.5 Å². The maximum atomic E-state index is 5.92. The Kier molecular flexibility index (Phi) is 4.71. The molecule has 0 aliphatic carbocycles. The van der Waals surface area contributed by atoms with Gasteiger partial charge in [-0.3, -0.25) is 0 Å². The molecule has 1 nitrogen and oxygen atoms in total. The van der Waals surface area contributed by atoms with Crippen molar-refractivity contribution in [2.75, 3.05) is 0 Å². The predicted molar refractivity (Wildman–Crippen MR) is 82.7 cm³/mol. The van der Waals surface area contributed by atoms with Crippen molar-refractivity contribution >= 4 is 43.5 Å². The van der Waals surface area contributed by atoms with E-state index in [-0.39, 0.29) is 0 Å². The van der Waals surface area contributed by atoms with Gasteiger partial charge < -0.3 is 4.74 Å². The van der Waals surface area contributed by atoms with Crippen LogP contribution in [-0.2, 0) is 5.88 Å². The fourth-order valence-corrected chi connectivity index (χ4v) is 2.75. The number of hydrogen-bond donors (Lipinski definition) is 0. The molecule has 0 unspecified atom stereocenters. The topological polar surface area (TPSA) is 9.23 Å². The number of hydrogen-bond acceptors (Lipinski definition) is 1. The minimum atomic E-state index is 0.415. The van der Waals surface area contributed by atoms with Gasteiger partial charge in [0.2, 0.25) is 0 Å². The highest BCUT2D eigenvalue weighted by Gasteiger charge is 2.07. The summed E-state index contributed by atoms with van der Waals surface area (Å²) in [5, 5.41) is 0. The van der Waals surface area contributed by atoms with E-state index < -0.39 is 0 Å². The van der Waals surface area contributed by atoms with E-state index in [1.807, 2.05) is 43.3 Å². The van der Waals surface area contributed by atoms with Crippen molar-refractivity contribution < 1.29 is 4.74 Å². The van der Waals surface area contributed by atoms with Gasteiger partial charge >= 0.3 is 0 Å². The van der Waals surface area contributed by atoms with Crippen molar-refractivity contribution in [2.24, 2.45) is 0 Å². The Labute approximate surface area is 128 Å². The molecule has 0 fully saturated rings. The van der Waals surface area contributed by atoms with Gasteiger partial charge in [-0.05, 0) is 58.7 Å². The number of alkyl halides is 1. The molecule has 0 heterocycles. The lowest BCUT2D eigenvalue weighted by Crippen LogP contribution is -1.91. The van der Waals surface area contributed by atoms with Crippen LogP contribution in [-0.4, -0.2) is 0 Å².